The molecule has 1 unspecified atom stereocenters. The Bertz CT molecular complexity index is 1040. The molecule has 2 aromatic carbocycles. The van der Waals surface area contributed by atoms with Gasteiger partial charge in [-0.2, -0.15) is 0 Å². The second-order valence-electron chi connectivity index (χ2n) is 5.79. The fourth-order valence-corrected chi connectivity index (χ4v) is 3.29. The lowest BCUT2D eigenvalue weighted by atomic mass is 10.2. The summed E-state index contributed by atoms with van der Waals surface area (Å²) in [5, 5.41) is 1.98. The summed E-state index contributed by atoms with van der Waals surface area (Å²) in [5.41, 5.74) is -0.766. The van der Waals surface area contributed by atoms with Crippen LogP contribution in [0, 0.1) is 17.5 Å². The Hall–Kier alpha value is -2.92. The molecule has 2 aromatic rings. The van der Waals surface area contributed by atoms with Crippen molar-refractivity contribution in [1.82, 2.24) is 4.72 Å². The first-order valence-electron chi connectivity index (χ1n) is 8.32. The van der Waals surface area contributed by atoms with Gasteiger partial charge in [-0.25, -0.2) is 31.1 Å². The summed E-state index contributed by atoms with van der Waals surface area (Å²) in [7, 11) is -3.81. The molecular weight excluding hydrogens is 413 g/mol. The van der Waals surface area contributed by atoms with Gasteiger partial charge in [-0.15, -0.1) is 0 Å². The van der Waals surface area contributed by atoms with E-state index in [0.29, 0.717) is 6.07 Å². The van der Waals surface area contributed by atoms with Crippen LogP contribution in [0.4, 0.5) is 18.9 Å². The first kappa shape index (κ1) is 22.4. The zero-order valence-corrected chi connectivity index (χ0v) is 16.1. The number of benzene rings is 2. The van der Waals surface area contributed by atoms with Crippen molar-refractivity contribution in [3.8, 4) is 0 Å². The monoisotopic (exact) mass is 430 g/mol. The summed E-state index contributed by atoms with van der Waals surface area (Å²) in [6.07, 6.45) is -1.44. The fourth-order valence-electron chi connectivity index (χ4n) is 2.20. The highest BCUT2D eigenvalue weighted by atomic mass is 32.2. The van der Waals surface area contributed by atoms with Crippen LogP contribution in [0.1, 0.15) is 24.2 Å². The number of carbonyl (C=O) groups excluding carboxylic acids is 2. The molecule has 0 heterocycles. The molecule has 156 valence electrons. The minimum atomic E-state index is -3.81. The Balaban J connectivity index is 2.11. The summed E-state index contributed by atoms with van der Waals surface area (Å²) in [6, 6.07) is 6.39. The zero-order chi connectivity index (χ0) is 21.8. The normalized spacial score (nSPS) is 12.3. The standard InChI is InChI=1S/C18H17F3N2O5S/c1-3-22-29(26,27)12-6-4-5-11(9-12)18(25)28-10(2)17(24)23-14-8-7-13(19)15(20)16(14)21/h4-10,22H,3H2,1-2H3,(H,23,24). The molecule has 0 saturated heterocycles. The quantitative estimate of drug-likeness (QED) is 0.519. The Labute approximate surface area is 164 Å². The SMILES string of the molecule is CCNS(=O)(=O)c1cccc(C(=O)OC(C)C(=O)Nc2ccc(F)c(F)c2F)c1. The maximum Gasteiger partial charge on any atom is 0.338 e. The van der Waals surface area contributed by atoms with Crippen molar-refractivity contribution in [3.63, 3.8) is 0 Å². The van der Waals surface area contributed by atoms with Crippen molar-refractivity contribution in [3.05, 3.63) is 59.4 Å². The van der Waals surface area contributed by atoms with Crippen LogP contribution in [0.15, 0.2) is 41.3 Å². The summed E-state index contributed by atoms with van der Waals surface area (Å²) in [4.78, 5) is 24.1. The average molecular weight is 430 g/mol. The number of halogens is 3. The van der Waals surface area contributed by atoms with E-state index in [-0.39, 0.29) is 17.0 Å². The molecule has 29 heavy (non-hydrogen) atoms. The van der Waals surface area contributed by atoms with Gasteiger partial charge < -0.3 is 10.1 Å². The smallest absolute Gasteiger partial charge is 0.338 e. The van der Waals surface area contributed by atoms with E-state index >= 15 is 0 Å². The number of esters is 1. The van der Waals surface area contributed by atoms with Crippen LogP contribution in [0.5, 0.6) is 0 Å². The van der Waals surface area contributed by atoms with Crippen LogP contribution in [-0.4, -0.2) is 32.9 Å². The van der Waals surface area contributed by atoms with Crippen LogP contribution < -0.4 is 10.0 Å². The molecule has 11 heteroatoms. The van der Waals surface area contributed by atoms with Crippen LogP contribution in [0.3, 0.4) is 0 Å². The minimum Gasteiger partial charge on any atom is -0.449 e. The molecule has 1 amide bonds. The van der Waals surface area contributed by atoms with Crippen molar-refractivity contribution in [2.75, 3.05) is 11.9 Å². The fraction of sp³-hybridized carbons (Fsp3) is 0.222. The highest BCUT2D eigenvalue weighted by Crippen LogP contribution is 2.20. The van der Waals surface area contributed by atoms with Crippen molar-refractivity contribution >= 4 is 27.6 Å². The second kappa shape index (κ2) is 9.05. The lowest BCUT2D eigenvalue weighted by Crippen LogP contribution is -2.30. The van der Waals surface area contributed by atoms with Gasteiger partial charge in [0.05, 0.1) is 16.1 Å². The number of hydrogen-bond acceptors (Lipinski definition) is 5. The first-order chi connectivity index (χ1) is 13.6. The number of nitrogens with one attached hydrogen (secondary N) is 2. The van der Waals surface area contributed by atoms with Gasteiger partial charge in [0.15, 0.2) is 23.6 Å². The predicted molar refractivity (Wildman–Crippen MR) is 97.1 cm³/mol. The van der Waals surface area contributed by atoms with Crippen LogP contribution >= 0.6 is 0 Å². The molecule has 0 aliphatic heterocycles. The average Bonchev–Trinajstić information content (AvgIpc) is 2.68. The van der Waals surface area contributed by atoms with Gasteiger partial charge >= 0.3 is 5.97 Å². The summed E-state index contributed by atoms with van der Waals surface area (Å²) in [5.74, 6) is -6.79. The van der Waals surface area contributed by atoms with Gasteiger partial charge in [-0.1, -0.05) is 13.0 Å². The molecule has 0 aromatic heterocycles. The van der Waals surface area contributed by atoms with E-state index in [9.17, 15) is 31.2 Å². The van der Waals surface area contributed by atoms with Gasteiger partial charge in [0.25, 0.3) is 5.91 Å². The molecular formula is C18H17F3N2O5S. The Morgan fingerprint density at radius 1 is 1.10 bits per heavy atom. The van der Waals surface area contributed by atoms with Gasteiger partial charge in [0, 0.05) is 6.54 Å². The van der Waals surface area contributed by atoms with Crippen molar-refractivity contribution in [1.29, 1.82) is 0 Å². The largest absolute Gasteiger partial charge is 0.449 e. The molecule has 0 spiro atoms. The van der Waals surface area contributed by atoms with E-state index in [1.54, 1.807) is 6.92 Å². The summed E-state index contributed by atoms with van der Waals surface area (Å²) < 4.78 is 71.0. The maximum atomic E-state index is 13.6. The van der Waals surface area contributed by atoms with Gasteiger partial charge in [-0.05, 0) is 37.3 Å². The highest BCUT2D eigenvalue weighted by molar-refractivity contribution is 7.89. The molecule has 1 atom stereocenters. The molecule has 0 bridgehead atoms. The van der Waals surface area contributed by atoms with Crippen molar-refractivity contribution in [2.24, 2.45) is 0 Å². The van der Waals surface area contributed by atoms with E-state index in [1.165, 1.54) is 25.1 Å². The van der Waals surface area contributed by atoms with Crippen LogP contribution in [-0.2, 0) is 19.6 Å². The van der Waals surface area contributed by atoms with Crippen molar-refractivity contribution < 1.29 is 35.9 Å². The number of anilines is 1. The molecule has 2 rings (SSSR count). The summed E-state index contributed by atoms with van der Waals surface area (Å²) in [6.45, 7) is 2.91. The molecule has 7 nitrogen and oxygen atoms in total. The van der Waals surface area contributed by atoms with Gasteiger partial charge in [0.1, 0.15) is 0 Å². The van der Waals surface area contributed by atoms with E-state index < -0.39 is 51.1 Å². The molecule has 0 fully saturated rings. The number of carbonyl (C=O) groups is 2. The lowest BCUT2D eigenvalue weighted by molar-refractivity contribution is -0.123. The van der Waals surface area contributed by atoms with E-state index in [4.69, 9.17) is 4.74 Å². The Morgan fingerprint density at radius 3 is 2.45 bits per heavy atom. The van der Waals surface area contributed by atoms with E-state index in [0.717, 1.165) is 12.1 Å². The van der Waals surface area contributed by atoms with Crippen LogP contribution in [0.25, 0.3) is 0 Å². The number of hydrogen-bond donors (Lipinski definition) is 2. The minimum absolute atomic E-state index is 0.136. The van der Waals surface area contributed by atoms with E-state index in [1.807, 2.05) is 5.32 Å². The van der Waals surface area contributed by atoms with Gasteiger partial charge in [0.2, 0.25) is 10.0 Å². The lowest BCUT2D eigenvalue weighted by Gasteiger charge is -2.14. The van der Waals surface area contributed by atoms with E-state index in [2.05, 4.69) is 4.72 Å². The Kier molecular flexibility index (Phi) is 6.98. The Morgan fingerprint density at radius 2 is 1.79 bits per heavy atom. The molecule has 2 N–H and O–H groups in total. The summed E-state index contributed by atoms with van der Waals surface area (Å²) >= 11 is 0. The highest BCUT2D eigenvalue weighted by Gasteiger charge is 2.23. The topological polar surface area (TPSA) is 102 Å². The van der Waals surface area contributed by atoms with Crippen LogP contribution in [0.2, 0.25) is 0 Å². The first-order valence-corrected chi connectivity index (χ1v) is 9.80. The van der Waals surface area contributed by atoms with Gasteiger partial charge in [-0.3, -0.25) is 4.79 Å². The second-order valence-corrected chi connectivity index (χ2v) is 7.56. The number of rotatable bonds is 7. The predicted octanol–water partition coefficient (Wildman–Crippen LogP) is 2.59. The molecule has 0 aliphatic rings. The number of amides is 1. The number of sulfonamides is 1. The third-order valence-corrected chi connectivity index (χ3v) is 5.20. The molecule has 0 radical (unpaired) electrons. The number of ether oxygens (including phenoxy) is 1. The third-order valence-electron chi connectivity index (χ3n) is 3.66. The molecule has 0 saturated carbocycles. The van der Waals surface area contributed by atoms with Crippen molar-refractivity contribution in [2.45, 2.75) is 24.8 Å². The maximum absolute atomic E-state index is 13.6. The zero-order valence-electron chi connectivity index (χ0n) is 15.3. The molecule has 0 aliphatic carbocycles. The third kappa shape index (κ3) is 5.33.